The highest BCUT2D eigenvalue weighted by Crippen LogP contribution is 2.25. The maximum absolute atomic E-state index is 9.97. The van der Waals surface area contributed by atoms with Crippen molar-refractivity contribution in [3.05, 3.63) is 50.6 Å². The number of hydrogen-bond acceptors (Lipinski definition) is 3. The van der Waals surface area contributed by atoms with Gasteiger partial charge in [-0.15, -0.1) is 11.3 Å². The highest BCUT2D eigenvalue weighted by molar-refractivity contribution is 9.10. The Labute approximate surface area is 113 Å². The van der Waals surface area contributed by atoms with E-state index in [9.17, 15) is 5.11 Å². The van der Waals surface area contributed by atoms with Gasteiger partial charge in [-0.1, -0.05) is 28.1 Å². The van der Waals surface area contributed by atoms with Crippen LogP contribution in [0.5, 0.6) is 0 Å². The summed E-state index contributed by atoms with van der Waals surface area (Å²) in [5, 5.41) is 15.2. The van der Waals surface area contributed by atoms with E-state index in [4.69, 9.17) is 0 Å². The van der Waals surface area contributed by atoms with Crippen molar-refractivity contribution in [2.45, 2.75) is 13.0 Å². The summed E-state index contributed by atoms with van der Waals surface area (Å²) in [4.78, 5) is 0.991. The molecule has 0 aliphatic heterocycles. The molecule has 0 aliphatic rings. The third kappa shape index (κ3) is 3.09. The topological polar surface area (TPSA) is 32.3 Å². The fourth-order valence-electron chi connectivity index (χ4n) is 1.59. The molecule has 0 amide bonds. The first-order valence-electron chi connectivity index (χ1n) is 5.39. The molecule has 0 aliphatic carbocycles. The molecule has 2 rings (SSSR count). The molecule has 1 atom stereocenters. The normalized spacial score (nSPS) is 12.4. The van der Waals surface area contributed by atoms with Gasteiger partial charge in [-0.3, -0.25) is 0 Å². The minimum absolute atomic E-state index is 0.451. The fraction of sp³-hybridized carbons (Fsp3) is 0.231. The molecule has 17 heavy (non-hydrogen) atoms. The van der Waals surface area contributed by atoms with E-state index in [0.717, 1.165) is 20.6 Å². The van der Waals surface area contributed by atoms with E-state index in [-0.39, 0.29) is 0 Å². The molecule has 0 bridgehead atoms. The number of thiophene rings is 1. The van der Waals surface area contributed by atoms with Crippen LogP contribution >= 0.6 is 27.3 Å². The van der Waals surface area contributed by atoms with Crippen LogP contribution in [0.2, 0.25) is 0 Å². The number of anilines is 1. The highest BCUT2D eigenvalue weighted by atomic mass is 79.9. The average Bonchev–Trinajstić information content (AvgIpc) is 2.84. The van der Waals surface area contributed by atoms with Gasteiger partial charge >= 0.3 is 0 Å². The van der Waals surface area contributed by atoms with E-state index in [1.165, 1.54) is 0 Å². The van der Waals surface area contributed by atoms with Crippen molar-refractivity contribution in [1.82, 2.24) is 0 Å². The van der Waals surface area contributed by atoms with Crippen LogP contribution in [0.4, 0.5) is 5.69 Å². The number of rotatable bonds is 4. The van der Waals surface area contributed by atoms with Crippen LogP contribution in [-0.4, -0.2) is 11.7 Å². The molecule has 1 aromatic heterocycles. The van der Waals surface area contributed by atoms with Crippen LogP contribution in [0.25, 0.3) is 0 Å². The maximum atomic E-state index is 9.97. The van der Waals surface area contributed by atoms with Crippen molar-refractivity contribution in [3.63, 3.8) is 0 Å². The summed E-state index contributed by atoms with van der Waals surface area (Å²) in [7, 11) is 0. The van der Waals surface area contributed by atoms with Crippen LogP contribution in [0.3, 0.4) is 0 Å². The van der Waals surface area contributed by atoms with Crippen molar-refractivity contribution in [3.8, 4) is 0 Å². The Morgan fingerprint density at radius 2 is 2.18 bits per heavy atom. The summed E-state index contributed by atoms with van der Waals surface area (Å²) in [5.41, 5.74) is 2.21. The monoisotopic (exact) mass is 311 g/mol. The highest BCUT2D eigenvalue weighted by Gasteiger charge is 2.09. The van der Waals surface area contributed by atoms with Gasteiger partial charge in [-0.25, -0.2) is 0 Å². The molecule has 0 fully saturated rings. The molecule has 1 unspecified atom stereocenters. The largest absolute Gasteiger partial charge is 0.386 e. The lowest BCUT2D eigenvalue weighted by Gasteiger charge is -2.13. The number of aliphatic hydroxyl groups is 1. The summed E-state index contributed by atoms with van der Waals surface area (Å²) in [6.07, 6.45) is -0.451. The molecule has 2 nitrogen and oxygen atoms in total. The van der Waals surface area contributed by atoms with Gasteiger partial charge in [0, 0.05) is 21.6 Å². The molecule has 0 spiro atoms. The lowest BCUT2D eigenvalue weighted by Crippen LogP contribution is -2.11. The van der Waals surface area contributed by atoms with Gasteiger partial charge in [0.15, 0.2) is 0 Å². The first-order chi connectivity index (χ1) is 8.18. The number of benzene rings is 1. The van der Waals surface area contributed by atoms with Gasteiger partial charge in [-0.2, -0.15) is 0 Å². The van der Waals surface area contributed by atoms with Crippen LogP contribution < -0.4 is 5.32 Å². The third-order valence-electron chi connectivity index (χ3n) is 2.63. The van der Waals surface area contributed by atoms with Crippen LogP contribution in [0.1, 0.15) is 16.5 Å². The van der Waals surface area contributed by atoms with Crippen molar-refractivity contribution in [2.75, 3.05) is 11.9 Å². The molecule has 0 saturated heterocycles. The van der Waals surface area contributed by atoms with Crippen molar-refractivity contribution in [1.29, 1.82) is 0 Å². The number of halogens is 1. The molecule has 1 heterocycles. The Hall–Kier alpha value is -0.840. The SMILES string of the molecule is Cc1c(Br)cccc1NCC(O)c1cccs1. The Balaban J connectivity index is 2.00. The summed E-state index contributed by atoms with van der Waals surface area (Å²) < 4.78 is 1.08. The second-order valence-corrected chi connectivity index (χ2v) is 5.66. The quantitative estimate of drug-likeness (QED) is 0.895. The fourth-order valence-corrected chi connectivity index (χ4v) is 2.67. The first-order valence-corrected chi connectivity index (χ1v) is 7.06. The van der Waals surface area contributed by atoms with E-state index in [1.807, 2.05) is 42.6 Å². The summed E-state index contributed by atoms with van der Waals surface area (Å²) in [6.45, 7) is 2.57. The number of nitrogens with one attached hydrogen (secondary N) is 1. The molecule has 1 aromatic carbocycles. The Kier molecular flexibility index (Phi) is 4.20. The van der Waals surface area contributed by atoms with E-state index >= 15 is 0 Å². The Morgan fingerprint density at radius 1 is 1.35 bits per heavy atom. The van der Waals surface area contributed by atoms with E-state index in [1.54, 1.807) is 11.3 Å². The zero-order chi connectivity index (χ0) is 12.3. The van der Waals surface area contributed by atoms with E-state index < -0.39 is 6.10 Å². The smallest absolute Gasteiger partial charge is 0.105 e. The summed E-state index contributed by atoms with van der Waals surface area (Å²) >= 11 is 5.07. The van der Waals surface area contributed by atoms with Gasteiger partial charge in [0.05, 0.1) is 0 Å². The lowest BCUT2D eigenvalue weighted by atomic mass is 10.2. The molecule has 0 saturated carbocycles. The predicted octanol–water partition coefficient (Wildman–Crippen LogP) is 3.96. The molecular formula is C13H14BrNOS. The van der Waals surface area contributed by atoms with Gasteiger partial charge in [0.25, 0.3) is 0 Å². The Bertz CT molecular complexity index is 484. The first kappa shape index (κ1) is 12.6. The molecule has 2 aromatic rings. The van der Waals surface area contributed by atoms with Gasteiger partial charge < -0.3 is 10.4 Å². The number of aliphatic hydroxyl groups excluding tert-OH is 1. The molecule has 2 N–H and O–H groups in total. The minimum Gasteiger partial charge on any atom is -0.386 e. The van der Waals surface area contributed by atoms with Crippen molar-refractivity contribution >= 4 is 33.0 Å². The standard InChI is InChI=1S/C13H14BrNOS/c1-9-10(14)4-2-5-11(9)15-8-12(16)13-6-3-7-17-13/h2-7,12,15-16H,8H2,1H3. The zero-order valence-electron chi connectivity index (χ0n) is 9.48. The molecule has 90 valence electrons. The molecular weight excluding hydrogens is 298 g/mol. The Morgan fingerprint density at radius 3 is 2.88 bits per heavy atom. The minimum atomic E-state index is -0.451. The van der Waals surface area contributed by atoms with Crippen molar-refractivity contribution < 1.29 is 5.11 Å². The van der Waals surface area contributed by atoms with Gasteiger partial charge in [0.2, 0.25) is 0 Å². The zero-order valence-corrected chi connectivity index (χ0v) is 11.9. The van der Waals surface area contributed by atoms with Gasteiger partial charge in [-0.05, 0) is 36.1 Å². The van der Waals surface area contributed by atoms with E-state index in [0.29, 0.717) is 6.54 Å². The molecule has 4 heteroatoms. The lowest BCUT2D eigenvalue weighted by molar-refractivity contribution is 0.195. The number of hydrogen-bond donors (Lipinski definition) is 2. The summed E-state index contributed by atoms with van der Waals surface area (Å²) in [6, 6.07) is 9.91. The van der Waals surface area contributed by atoms with Gasteiger partial charge in [0.1, 0.15) is 6.10 Å². The summed E-state index contributed by atoms with van der Waals surface area (Å²) in [5.74, 6) is 0. The second kappa shape index (κ2) is 5.67. The second-order valence-electron chi connectivity index (χ2n) is 3.82. The van der Waals surface area contributed by atoms with Crippen LogP contribution in [-0.2, 0) is 0 Å². The molecule has 0 radical (unpaired) electrons. The van der Waals surface area contributed by atoms with Crippen LogP contribution in [0.15, 0.2) is 40.2 Å². The average molecular weight is 312 g/mol. The maximum Gasteiger partial charge on any atom is 0.105 e. The van der Waals surface area contributed by atoms with Crippen LogP contribution in [0, 0.1) is 6.92 Å². The van der Waals surface area contributed by atoms with E-state index in [2.05, 4.69) is 21.2 Å². The third-order valence-corrected chi connectivity index (χ3v) is 4.46. The predicted molar refractivity (Wildman–Crippen MR) is 76.6 cm³/mol. The van der Waals surface area contributed by atoms with Crippen molar-refractivity contribution in [2.24, 2.45) is 0 Å².